The zero-order valence-electron chi connectivity index (χ0n) is 11.9. The van der Waals surface area contributed by atoms with E-state index in [1.165, 1.54) is 6.07 Å². The third-order valence-corrected chi connectivity index (χ3v) is 2.68. The van der Waals surface area contributed by atoms with Gasteiger partial charge in [-0.15, -0.1) is 0 Å². The lowest BCUT2D eigenvalue weighted by Crippen LogP contribution is -2.38. The molecular formula is C13H20N2O5. The Balaban J connectivity index is 2.37. The summed E-state index contributed by atoms with van der Waals surface area (Å²) in [6.45, 7) is 4.73. The smallest absolute Gasteiger partial charge is 0.339 e. The van der Waals surface area contributed by atoms with E-state index in [-0.39, 0.29) is 24.1 Å². The average Bonchev–Trinajstić information content (AvgIpc) is 2.76. The average molecular weight is 284 g/mol. The Morgan fingerprint density at radius 1 is 1.45 bits per heavy atom. The van der Waals surface area contributed by atoms with E-state index in [9.17, 15) is 9.59 Å². The van der Waals surface area contributed by atoms with Crippen LogP contribution in [0.2, 0.25) is 0 Å². The first-order chi connectivity index (χ1) is 9.43. The van der Waals surface area contributed by atoms with Crippen molar-refractivity contribution in [3.05, 3.63) is 23.2 Å². The third-order valence-electron chi connectivity index (χ3n) is 2.68. The van der Waals surface area contributed by atoms with E-state index in [1.807, 2.05) is 6.92 Å². The molecule has 0 aliphatic heterocycles. The predicted molar refractivity (Wildman–Crippen MR) is 71.7 cm³/mol. The lowest BCUT2D eigenvalue weighted by Gasteiger charge is -2.11. The normalized spacial score (nSPS) is 11.9. The molecule has 0 aliphatic carbocycles. The van der Waals surface area contributed by atoms with Crippen molar-refractivity contribution in [2.24, 2.45) is 5.92 Å². The molecule has 0 saturated heterocycles. The number of hydrogen-bond donors (Lipinski definition) is 3. The second-order valence-corrected chi connectivity index (χ2v) is 4.61. The number of amides is 2. The molecule has 7 heteroatoms. The number of methoxy groups -OCH3 is 1. The molecule has 7 nitrogen and oxygen atoms in total. The van der Waals surface area contributed by atoms with Gasteiger partial charge in [0.1, 0.15) is 17.1 Å². The van der Waals surface area contributed by atoms with Crippen LogP contribution >= 0.6 is 0 Å². The summed E-state index contributed by atoms with van der Waals surface area (Å²) in [6, 6.07) is 1.07. The van der Waals surface area contributed by atoms with Gasteiger partial charge in [-0.2, -0.15) is 0 Å². The number of rotatable bonds is 7. The maximum Gasteiger partial charge on any atom is 0.339 e. The van der Waals surface area contributed by atoms with E-state index in [0.717, 1.165) is 0 Å². The topological polar surface area (TPSA) is 101 Å². The zero-order valence-corrected chi connectivity index (χ0v) is 11.9. The van der Waals surface area contributed by atoms with E-state index in [2.05, 4.69) is 10.6 Å². The molecule has 0 aliphatic rings. The highest BCUT2D eigenvalue weighted by Crippen LogP contribution is 2.14. The summed E-state index contributed by atoms with van der Waals surface area (Å²) in [6.07, 6.45) is 0. The highest BCUT2D eigenvalue weighted by molar-refractivity contribution is 5.88. The van der Waals surface area contributed by atoms with Crippen LogP contribution in [0.15, 0.2) is 10.5 Å². The van der Waals surface area contributed by atoms with E-state index in [0.29, 0.717) is 24.7 Å². The molecule has 1 rings (SSSR count). The number of carbonyl (C=O) groups is 2. The highest BCUT2D eigenvalue weighted by atomic mass is 16.5. The SMILES string of the molecule is COCC(C)CNC(=O)NCc1cc(C(=O)O)c(C)o1. The third kappa shape index (κ3) is 4.93. The van der Waals surface area contributed by atoms with Crippen molar-refractivity contribution < 1.29 is 23.8 Å². The van der Waals surface area contributed by atoms with Crippen molar-refractivity contribution in [3.8, 4) is 0 Å². The van der Waals surface area contributed by atoms with Crippen molar-refractivity contribution in [2.45, 2.75) is 20.4 Å². The van der Waals surface area contributed by atoms with E-state index in [4.69, 9.17) is 14.3 Å². The number of ether oxygens (including phenoxy) is 1. The van der Waals surface area contributed by atoms with Gasteiger partial charge in [-0.1, -0.05) is 6.92 Å². The summed E-state index contributed by atoms with van der Waals surface area (Å²) in [7, 11) is 1.61. The van der Waals surface area contributed by atoms with Gasteiger partial charge < -0.3 is 24.9 Å². The molecule has 1 heterocycles. The summed E-state index contributed by atoms with van der Waals surface area (Å²) in [4.78, 5) is 22.4. The molecule has 1 aromatic rings. The predicted octanol–water partition coefficient (Wildman–Crippen LogP) is 1.37. The minimum Gasteiger partial charge on any atom is -0.478 e. The van der Waals surface area contributed by atoms with Crippen LogP contribution in [0.3, 0.4) is 0 Å². The Morgan fingerprint density at radius 2 is 2.15 bits per heavy atom. The summed E-state index contributed by atoms with van der Waals surface area (Å²) >= 11 is 0. The van der Waals surface area contributed by atoms with E-state index in [1.54, 1.807) is 14.0 Å². The molecule has 0 spiro atoms. The Morgan fingerprint density at radius 3 is 2.70 bits per heavy atom. The molecule has 0 bridgehead atoms. The number of aromatic carboxylic acids is 1. The van der Waals surface area contributed by atoms with E-state index >= 15 is 0 Å². The van der Waals surface area contributed by atoms with Crippen LogP contribution in [-0.4, -0.2) is 37.4 Å². The van der Waals surface area contributed by atoms with Gasteiger partial charge >= 0.3 is 12.0 Å². The number of carboxylic acid groups (broad SMARTS) is 1. The van der Waals surface area contributed by atoms with E-state index < -0.39 is 5.97 Å². The maximum atomic E-state index is 11.5. The van der Waals surface area contributed by atoms with Crippen LogP contribution < -0.4 is 10.6 Å². The number of urea groups is 1. The Bertz CT molecular complexity index is 469. The van der Waals surface area contributed by atoms with Crippen LogP contribution in [0.25, 0.3) is 0 Å². The monoisotopic (exact) mass is 284 g/mol. The molecule has 1 unspecified atom stereocenters. The van der Waals surface area contributed by atoms with Gasteiger partial charge in [-0.3, -0.25) is 0 Å². The summed E-state index contributed by atoms with van der Waals surface area (Å²) in [5, 5.41) is 14.2. The van der Waals surface area contributed by atoms with Gasteiger partial charge in [0.25, 0.3) is 0 Å². The van der Waals surface area contributed by atoms with Gasteiger partial charge in [0.2, 0.25) is 0 Å². The molecule has 0 radical (unpaired) electrons. The summed E-state index contributed by atoms with van der Waals surface area (Å²) in [5.74, 6) is -0.103. The molecule has 0 aromatic carbocycles. The molecular weight excluding hydrogens is 264 g/mol. The van der Waals surface area contributed by atoms with Crippen molar-refractivity contribution in [1.29, 1.82) is 0 Å². The zero-order chi connectivity index (χ0) is 15.1. The van der Waals surface area contributed by atoms with Crippen LogP contribution in [0.4, 0.5) is 4.79 Å². The molecule has 2 amide bonds. The number of aryl methyl sites for hydroxylation is 1. The lowest BCUT2D eigenvalue weighted by molar-refractivity contribution is 0.0695. The van der Waals surface area contributed by atoms with Crippen molar-refractivity contribution in [2.75, 3.05) is 20.3 Å². The van der Waals surface area contributed by atoms with Crippen molar-refractivity contribution in [3.63, 3.8) is 0 Å². The van der Waals surface area contributed by atoms with Gasteiger partial charge in [0, 0.05) is 13.7 Å². The Labute approximate surface area is 117 Å². The Hall–Kier alpha value is -2.02. The molecule has 112 valence electrons. The molecule has 0 fully saturated rings. The minimum atomic E-state index is -1.05. The molecule has 3 N–H and O–H groups in total. The first-order valence-corrected chi connectivity index (χ1v) is 6.27. The molecule has 1 atom stereocenters. The molecule has 1 aromatic heterocycles. The number of carboxylic acids is 1. The second-order valence-electron chi connectivity index (χ2n) is 4.61. The highest BCUT2D eigenvalue weighted by Gasteiger charge is 2.14. The largest absolute Gasteiger partial charge is 0.478 e. The fraction of sp³-hybridized carbons (Fsp3) is 0.538. The standard InChI is InChI=1S/C13H20N2O5/c1-8(7-19-3)5-14-13(18)15-6-10-4-11(12(16)17)9(2)20-10/h4,8H,5-7H2,1-3H3,(H,16,17)(H2,14,15,18). The first-order valence-electron chi connectivity index (χ1n) is 6.27. The second kappa shape index (κ2) is 7.54. The lowest BCUT2D eigenvalue weighted by atomic mass is 10.2. The van der Waals surface area contributed by atoms with Crippen molar-refractivity contribution in [1.82, 2.24) is 10.6 Å². The Kier molecular flexibility index (Phi) is 6.05. The fourth-order valence-corrected chi connectivity index (χ4v) is 1.68. The van der Waals surface area contributed by atoms with Crippen molar-refractivity contribution >= 4 is 12.0 Å². The number of hydrogen-bond acceptors (Lipinski definition) is 4. The van der Waals surface area contributed by atoms with Gasteiger partial charge in [-0.05, 0) is 18.9 Å². The maximum absolute atomic E-state index is 11.5. The van der Waals surface area contributed by atoms with Crippen LogP contribution in [-0.2, 0) is 11.3 Å². The summed E-state index contributed by atoms with van der Waals surface area (Å²) < 4.78 is 10.2. The van der Waals surface area contributed by atoms with Gasteiger partial charge in [0.05, 0.1) is 13.2 Å². The number of furan rings is 1. The molecule has 20 heavy (non-hydrogen) atoms. The number of nitrogens with one attached hydrogen (secondary N) is 2. The van der Waals surface area contributed by atoms with Crippen LogP contribution in [0.5, 0.6) is 0 Å². The first kappa shape index (κ1) is 16.0. The fourth-order valence-electron chi connectivity index (χ4n) is 1.68. The quantitative estimate of drug-likeness (QED) is 0.702. The minimum absolute atomic E-state index is 0.107. The van der Waals surface area contributed by atoms with Gasteiger partial charge in [0.15, 0.2) is 0 Å². The van der Waals surface area contributed by atoms with Crippen LogP contribution in [0.1, 0.15) is 28.8 Å². The molecule has 0 saturated carbocycles. The number of carbonyl (C=O) groups excluding carboxylic acids is 1. The van der Waals surface area contributed by atoms with Crippen LogP contribution in [0, 0.1) is 12.8 Å². The summed E-state index contributed by atoms with van der Waals surface area (Å²) in [5.41, 5.74) is 0.107. The van der Waals surface area contributed by atoms with Gasteiger partial charge in [-0.25, -0.2) is 9.59 Å².